The average molecular weight is 235 g/mol. The van der Waals surface area contributed by atoms with Crippen LogP contribution in [0.5, 0.6) is 5.75 Å². The summed E-state index contributed by atoms with van der Waals surface area (Å²) in [7, 11) is 1.70. The van der Waals surface area contributed by atoms with Crippen molar-refractivity contribution in [3.63, 3.8) is 0 Å². The molecule has 3 heteroatoms. The highest BCUT2D eigenvalue weighted by Gasteiger charge is 2.28. The van der Waals surface area contributed by atoms with Crippen molar-refractivity contribution in [1.82, 2.24) is 5.32 Å². The van der Waals surface area contributed by atoms with E-state index in [4.69, 9.17) is 4.74 Å². The van der Waals surface area contributed by atoms with Gasteiger partial charge in [-0.2, -0.15) is 0 Å². The lowest BCUT2D eigenvalue weighted by atomic mass is 9.88. The molecule has 1 saturated carbocycles. The molecule has 2 N–H and O–H groups in total. The minimum absolute atomic E-state index is 0.112. The van der Waals surface area contributed by atoms with E-state index in [2.05, 4.69) is 31.3 Å². The van der Waals surface area contributed by atoms with E-state index in [1.165, 1.54) is 11.1 Å². The first-order valence-electron chi connectivity index (χ1n) is 6.18. The molecule has 0 aromatic heterocycles. The van der Waals surface area contributed by atoms with E-state index in [1.807, 2.05) is 6.07 Å². The number of ether oxygens (including phenoxy) is 1. The standard InChI is InChI=1S/C14H21NO2/c1-9-4-5-14(17-3)13(6-9)10(2)15-11-7-12(16)8-11/h4-6,10-12,15-16H,7-8H2,1-3H3. The summed E-state index contributed by atoms with van der Waals surface area (Å²) in [6, 6.07) is 6.92. The second kappa shape index (κ2) is 5.07. The van der Waals surface area contributed by atoms with Crippen molar-refractivity contribution in [1.29, 1.82) is 0 Å². The molecule has 3 nitrogen and oxygen atoms in total. The molecule has 0 spiro atoms. The Bertz CT molecular complexity index is 386. The number of nitrogens with one attached hydrogen (secondary N) is 1. The maximum Gasteiger partial charge on any atom is 0.123 e. The lowest BCUT2D eigenvalue weighted by molar-refractivity contribution is 0.0584. The summed E-state index contributed by atoms with van der Waals surface area (Å²) in [4.78, 5) is 0. The molecule has 0 radical (unpaired) electrons. The Kier molecular flexibility index (Phi) is 3.69. The van der Waals surface area contributed by atoms with Crippen molar-refractivity contribution in [3.8, 4) is 5.75 Å². The fraction of sp³-hybridized carbons (Fsp3) is 0.571. The minimum Gasteiger partial charge on any atom is -0.496 e. The number of hydrogen-bond donors (Lipinski definition) is 2. The fourth-order valence-corrected chi connectivity index (χ4v) is 2.36. The molecule has 0 bridgehead atoms. The van der Waals surface area contributed by atoms with Gasteiger partial charge in [0.1, 0.15) is 5.75 Å². The van der Waals surface area contributed by atoms with Gasteiger partial charge in [0.05, 0.1) is 13.2 Å². The molecule has 0 saturated heterocycles. The van der Waals surface area contributed by atoms with Crippen molar-refractivity contribution in [2.75, 3.05) is 7.11 Å². The number of rotatable bonds is 4. The Morgan fingerprint density at radius 1 is 1.41 bits per heavy atom. The second-order valence-corrected chi connectivity index (χ2v) is 4.96. The molecule has 1 fully saturated rings. The number of benzene rings is 1. The van der Waals surface area contributed by atoms with Gasteiger partial charge in [0.25, 0.3) is 0 Å². The highest BCUT2D eigenvalue weighted by molar-refractivity contribution is 5.38. The molecular formula is C14H21NO2. The van der Waals surface area contributed by atoms with E-state index in [9.17, 15) is 5.11 Å². The van der Waals surface area contributed by atoms with Gasteiger partial charge in [-0.05, 0) is 32.8 Å². The molecule has 2 rings (SSSR count). The molecule has 1 aromatic carbocycles. The highest BCUT2D eigenvalue weighted by atomic mass is 16.5. The number of aryl methyl sites for hydroxylation is 1. The van der Waals surface area contributed by atoms with E-state index in [0.29, 0.717) is 6.04 Å². The van der Waals surface area contributed by atoms with Gasteiger partial charge in [0.2, 0.25) is 0 Å². The number of aliphatic hydroxyl groups excluding tert-OH is 1. The van der Waals surface area contributed by atoms with Crippen LogP contribution in [-0.2, 0) is 0 Å². The predicted octanol–water partition coefficient (Wildman–Crippen LogP) is 2.18. The topological polar surface area (TPSA) is 41.5 Å². The first-order valence-corrected chi connectivity index (χ1v) is 6.18. The van der Waals surface area contributed by atoms with Crippen molar-refractivity contribution in [2.45, 2.75) is 44.9 Å². The zero-order valence-corrected chi connectivity index (χ0v) is 10.7. The van der Waals surface area contributed by atoms with Crippen molar-refractivity contribution >= 4 is 0 Å². The molecule has 0 heterocycles. The Labute approximate surface area is 103 Å². The monoisotopic (exact) mass is 235 g/mol. The van der Waals surface area contributed by atoms with Crippen molar-refractivity contribution in [2.24, 2.45) is 0 Å². The lowest BCUT2D eigenvalue weighted by Gasteiger charge is -2.35. The molecule has 1 aliphatic rings. The van der Waals surface area contributed by atoms with Crippen LogP contribution in [0.25, 0.3) is 0 Å². The van der Waals surface area contributed by atoms with Crippen LogP contribution < -0.4 is 10.1 Å². The van der Waals surface area contributed by atoms with Gasteiger partial charge in [-0.1, -0.05) is 17.7 Å². The summed E-state index contributed by atoms with van der Waals surface area (Å²) in [5.74, 6) is 0.926. The molecule has 17 heavy (non-hydrogen) atoms. The van der Waals surface area contributed by atoms with Crippen LogP contribution in [0.4, 0.5) is 0 Å². The van der Waals surface area contributed by atoms with Crippen LogP contribution in [0.3, 0.4) is 0 Å². The summed E-state index contributed by atoms with van der Waals surface area (Å²) >= 11 is 0. The number of aliphatic hydroxyl groups is 1. The van der Waals surface area contributed by atoms with Gasteiger partial charge < -0.3 is 15.2 Å². The van der Waals surface area contributed by atoms with Gasteiger partial charge in [0.15, 0.2) is 0 Å². The van der Waals surface area contributed by atoms with E-state index in [-0.39, 0.29) is 12.1 Å². The van der Waals surface area contributed by atoms with Crippen LogP contribution in [0.1, 0.15) is 36.9 Å². The number of methoxy groups -OCH3 is 1. The van der Waals surface area contributed by atoms with Crippen LogP contribution >= 0.6 is 0 Å². The molecule has 94 valence electrons. The summed E-state index contributed by atoms with van der Waals surface area (Å²) in [5.41, 5.74) is 2.43. The normalized spacial score (nSPS) is 25.2. The van der Waals surface area contributed by atoms with Gasteiger partial charge in [0, 0.05) is 17.6 Å². The quantitative estimate of drug-likeness (QED) is 0.840. The second-order valence-electron chi connectivity index (χ2n) is 4.96. The Hall–Kier alpha value is -1.06. The van der Waals surface area contributed by atoms with Gasteiger partial charge in [-0.15, -0.1) is 0 Å². The highest BCUT2D eigenvalue weighted by Crippen LogP contribution is 2.29. The van der Waals surface area contributed by atoms with Crippen LogP contribution in [0.15, 0.2) is 18.2 Å². The van der Waals surface area contributed by atoms with E-state index in [1.54, 1.807) is 7.11 Å². The lowest BCUT2D eigenvalue weighted by Crippen LogP contribution is -2.45. The molecule has 1 aliphatic carbocycles. The summed E-state index contributed by atoms with van der Waals surface area (Å²) < 4.78 is 5.39. The summed E-state index contributed by atoms with van der Waals surface area (Å²) in [6.07, 6.45) is 1.61. The Morgan fingerprint density at radius 3 is 2.71 bits per heavy atom. The van der Waals surface area contributed by atoms with Crippen molar-refractivity contribution in [3.05, 3.63) is 29.3 Å². The number of hydrogen-bond acceptors (Lipinski definition) is 3. The predicted molar refractivity (Wildman–Crippen MR) is 68.3 cm³/mol. The fourth-order valence-electron chi connectivity index (χ4n) is 2.36. The zero-order valence-electron chi connectivity index (χ0n) is 10.7. The van der Waals surface area contributed by atoms with Gasteiger partial charge in [-0.3, -0.25) is 0 Å². The van der Waals surface area contributed by atoms with Gasteiger partial charge >= 0.3 is 0 Å². The average Bonchev–Trinajstić information content (AvgIpc) is 2.27. The third kappa shape index (κ3) is 2.79. The Morgan fingerprint density at radius 2 is 2.12 bits per heavy atom. The molecule has 0 amide bonds. The molecule has 0 aliphatic heterocycles. The van der Waals surface area contributed by atoms with Crippen LogP contribution in [-0.4, -0.2) is 24.4 Å². The van der Waals surface area contributed by atoms with E-state index < -0.39 is 0 Å². The van der Waals surface area contributed by atoms with Crippen LogP contribution in [0, 0.1) is 6.92 Å². The van der Waals surface area contributed by atoms with E-state index >= 15 is 0 Å². The smallest absolute Gasteiger partial charge is 0.123 e. The first kappa shape index (κ1) is 12.4. The van der Waals surface area contributed by atoms with E-state index in [0.717, 1.165) is 18.6 Å². The van der Waals surface area contributed by atoms with Gasteiger partial charge in [-0.25, -0.2) is 0 Å². The third-order valence-electron chi connectivity index (χ3n) is 3.45. The third-order valence-corrected chi connectivity index (χ3v) is 3.45. The summed E-state index contributed by atoms with van der Waals surface area (Å²) in [6.45, 7) is 4.23. The molecular weight excluding hydrogens is 214 g/mol. The van der Waals surface area contributed by atoms with Crippen LogP contribution in [0.2, 0.25) is 0 Å². The Balaban J connectivity index is 2.06. The summed E-state index contributed by atoms with van der Waals surface area (Å²) in [5, 5.41) is 12.8. The zero-order chi connectivity index (χ0) is 12.4. The van der Waals surface area contributed by atoms with Crippen molar-refractivity contribution < 1.29 is 9.84 Å². The largest absolute Gasteiger partial charge is 0.496 e. The minimum atomic E-state index is -0.112. The molecule has 1 aromatic rings. The maximum atomic E-state index is 9.28. The molecule has 1 atom stereocenters. The SMILES string of the molecule is COc1ccc(C)cc1C(C)NC1CC(O)C1. The maximum absolute atomic E-state index is 9.28. The first-order chi connectivity index (χ1) is 8.10. The molecule has 1 unspecified atom stereocenters.